The van der Waals surface area contributed by atoms with Crippen LogP contribution < -0.4 is 0 Å². The molecule has 176 valence electrons. The third-order valence-electron chi connectivity index (χ3n) is 6.89. The highest BCUT2D eigenvalue weighted by atomic mass is 16.6. The Morgan fingerprint density at radius 2 is 1.68 bits per heavy atom. The molecule has 2 aliphatic rings. The van der Waals surface area contributed by atoms with Gasteiger partial charge in [0.1, 0.15) is 11.9 Å². The van der Waals surface area contributed by atoms with Crippen LogP contribution in [0, 0.1) is 6.92 Å². The Kier molecular flexibility index (Phi) is 6.09. The molecule has 2 atom stereocenters. The topological polar surface area (TPSA) is 75.9 Å². The van der Waals surface area contributed by atoms with Crippen LogP contribution in [0.3, 0.4) is 0 Å². The van der Waals surface area contributed by atoms with Gasteiger partial charge >= 0.3 is 6.09 Å². The summed E-state index contributed by atoms with van der Waals surface area (Å²) in [5.41, 5.74) is 2.58. The molecule has 2 aliphatic heterocycles. The van der Waals surface area contributed by atoms with Gasteiger partial charge in [-0.05, 0) is 44.4 Å². The lowest BCUT2D eigenvalue weighted by atomic mass is 9.98. The highest BCUT2D eigenvalue weighted by Gasteiger charge is 2.44. The van der Waals surface area contributed by atoms with E-state index in [-0.39, 0.29) is 36.6 Å². The number of hydrogen-bond acceptors (Lipinski definition) is 5. The first-order chi connectivity index (χ1) is 16.5. The van der Waals surface area contributed by atoms with Gasteiger partial charge in [-0.1, -0.05) is 48.5 Å². The van der Waals surface area contributed by atoms with E-state index in [1.54, 1.807) is 0 Å². The van der Waals surface area contributed by atoms with E-state index >= 15 is 0 Å². The minimum absolute atomic E-state index is 0.0358. The minimum Gasteiger partial charge on any atom is -0.441 e. The van der Waals surface area contributed by atoms with Gasteiger partial charge < -0.3 is 14.1 Å². The number of aromatic nitrogens is 1. The number of hydrogen-bond donors (Lipinski definition) is 0. The van der Waals surface area contributed by atoms with Crippen LogP contribution in [0.1, 0.15) is 42.9 Å². The Morgan fingerprint density at radius 1 is 1.03 bits per heavy atom. The summed E-state index contributed by atoms with van der Waals surface area (Å²) in [5, 5.41) is 0. The molecule has 7 heteroatoms. The first-order valence-electron chi connectivity index (χ1n) is 11.8. The molecule has 0 radical (unpaired) electrons. The Morgan fingerprint density at radius 3 is 2.35 bits per heavy atom. The maximum absolute atomic E-state index is 13.0. The fourth-order valence-electron chi connectivity index (χ4n) is 5.00. The van der Waals surface area contributed by atoms with Crippen molar-refractivity contribution in [2.24, 2.45) is 0 Å². The molecule has 2 unspecified atom stereocenters. The number of carbonyl (C=O) groups excluding carboxylic acids is 2. The standard InChI is InChI=1S/C27H29N3O4/c1-18-25(20-9-5-3-6-10-20)34-27(32)30(18)22-13-15-29(16-14-22)24(31)17-23-19(2)33-26(28-23)21-11-7-4-8-12-21/h3-12,18,22,25H,13-17H2,1-2H3. The smallest absolute Gasteiger partial charge is 0.411 e. The van der Waals surface area contributed by atoms with Gasteiger partial charge in [0.25, 0.3) is 0 Å². The largest absolute Gasteiger partial charge is 0.441 e. The van der Waals surface area contributed by atoms with Gasteiger partial charge in [0.2, 0.25) is 11.8 Å². The van der Waals surface area contributed by atoms with Crippen molar-refractivity contribution >= 4 is 12.0 Å². The molecule has 3 heterocycles. The van der Waals surface area contributed by atoms with Crippen LogP contribution in [0.4, 0.5) is 4.79 Å². The lowest BCUT2D eigenvalue weighted by Crippen LogP contribution is -2.49. The number of amides is 2. The molecule has 34 heavy (non-hydrogen) atoms. The maximum Gasteiger partial charge on any atom is 0.411 e. The number of carbonyl (C=O) groups is 2. The monoisotopic (exact) mass is 459 g/mol. The van der Waals surface area contributed by atoms with E-state index in [2.05, 4.69) is 4.98 Å². The first kappa shape index (κ1) is 22.2. The molecule has 7 nitrogen and oxygen atoms in total. The lowest BCUT2D eigenvalue weighted by molar-refractivity contribution is -0.132. The van der Waals surface area contributed by atoms with Gasteiger partial charge in [0, 0.05) is 24.7 Å². The molecular formula is C27H29N3O4. The number of likely N-dealkylation sites (tertiary alicyclic amines) is 1. The number of ether oxygens (including phenoxy) is 1. The Labute approximate surface area is 199 Å². The molecular weight excluding hydrogens is 430 g/mol. The minimum atomic E-state index is -0.266. The summed E-state index contributed by atoms with van der Waals surface area (Å²) in [6.07, 6.45) is 1.16. The van der Waals surface area contributed by atoms with Gasteiger partial charge in [-0.15, -0.1) is 0 Å². The summed E-state index contributed by atoms with van der Waals surface area (Å²) < 4.78 is 11.5. The molecule has 2 fully saturated rings. The second-order valence-electron chi connectivity index (χ2n) is 9.04. The van der Waals surface area contributed by atoms with E-state index in [9.17, 15) is 9.59 Å². The summed E-state index contributed by atoms with van der Waals surface area (Å²) in [7, 11) is 0. The number of benzene rings is 2. The van der Waals surface area contributed by atoms with E-state index in [1.165, 1.54) is 0 Å². The number of piperidine rings is 1. The second kappa shape index (κ2) is 9.33. The highest BCUT2D eigenvalue weighted by molar-refractivity contribution is 5.79. The zero-order chi connectivity index (χ0) is 23.7. The average molecular weight is 460 g/mol. The van der Waals surface area contributed by atoms with Gasteiger partial charge in [-0.3, -0.25) is 9.69 Å². The molecule has 2 amide bonds. The predicted molar refractivity (Wildman–Crippen MR) is 127 cm³/mol. The molecule has 2 aromatic carbocycles. The van der Waals surface area contributed by atoms with E-state index in [0.717, 1.165) is 24.0 Å². The quantitative estimate of drug-likeness (QED) is 0.550. The van der Waals surface area contributed by atoms with Crippen LogP contribution >= 0.6 is 0 Å². The summed E-state index contributed by atoms with van der Waals surface area (Å²) in [6, 6.07) is 19.6. The van der Waals surface area contributed by atoms with Crippen molar-refractivity contribution < 1.29 is 18.7 Å². The molecule has 0 bridgehead atoms. The van der Waals surface area contributed by atoms with Crippen LogP contribution in [0.25, 0.3) is 11.5 Å². The number of rotatable bonds is 5. The third-order valence-corrected chi connectivity index (χ3v) is 6.89. The number of cyclic esters (lactones) is 1. The van der Waals surface area contributed by atoms with Crippen molar-refractivity contribution in [2.45, 2.75) is 51.3 Å². The van der Waals surface area contributed by atoms with Crippen LogP contribution in [-0.2, 0) is 16.0 Å². The lowest BCUT2D eigenvalue weighted by Gasteiger charge is -2.37. The van der Waals surface area contributed by atoms with Crippen molar-refractivity contribution in [3.63, 3.8) is 0 Å². The van der Waals surface area contributed by atoms with Crippen LogP contribution in [0.5, 0.6) is 0 Å². The van der Waals surface area contributed by atoms with E-state index in [1.807, 2.05) is 84.3 Å². The van der Waals surface area contributed by atoms with Gasteiger partial charge in [0.05, 0.1) is 18.2 Å². The fourth-order valence-corrected chi connectivity index (χ4v) is 5.00. The molecule has 0 aliphatic carbocycles. The zero-order valence-electron chi connectivity index (χ0n) is 19.5. The number of nitrogens with zero attached hydrogens (tertiary/aromatic N) is 3. The van der Waals surface area contributed by atoms with Crippen molar-refractivity contribution in [3.8, 4) is 11.5 Å². The van der Waals surface area contributed by atoms with E-state index in [4.69, 9.17) is 9.15 Å². The van der Waals surface area contributed by atoms with E-state index < -0.39 is 0 Å². The van der Waals surface area contributed by atoms with Crippen LogP contribution in [0.2, 0.25) is 0 Å². The molecule has 0 N–H and O–H groups in total. The molecule has 3 aromatic rings. The summed E-state index contributed by atoms with van der Waals surface area (Å²) in [5.74, 6) is 1.24. The predicted octanol–water partition coefficient (Wildman–Crippen LogP) is 4.77. The first-order valence-corrected chi connectivity index (χ1v) is 11.8. The summed E-state index contributed by atoms with van der Waals surface area (Å²) >= 11 is 0. The zero-order valence-corrected chi connectivity index (χ0v) is 19.5. The van der Waals surface area contributed by atoms with Crippen molar-refractivity contribution in [1.82, 2.24) is 14.8 Å². The molecule has 1 aromatic heterocycles. The third kappa shape index (κ3) is 4.30. The molecule has 2 saturated heterocycles. The molecule has 0 saturated carbocycles. The summed E-state index contributed by atoms with van der Waals surface area (Å²) in [6.45, 7) is 5.10. The number of oxazole rings is 1. The van der Waals surface area contributed by atoms with Crippen molar-refractivity contribution in [1.29, 1.82) is 0 Å². The van der Waals surface area contributed by atoms with Crippen LogP contribution in [-0.4, -0.2) is 52.0 Å². The Balaban J connectivity index is 1.19. The molecule has 0 spiro atoms. The van der Waals surface area contributed by atoms with E-state index in [0.29, 0.717) is 30.4 Å². The molecule has 5 rings (SSSR count). The normalized spacial score (nSPS) is 21.1. The second-order valence-corrected chi connectivity index (χ2v) is 9.04. The van der Waals surface area contributed by atoms with Crippen LogP contribution in [0.15, 0.2) is 65.1 Å². The SMILES string of the molecule is Cc1oc(-c2ccccc2)nc1CC(=O)N1CCC(N2C(=O)OC(c3ccccc3)C2C)CC1. The fraction of sp³-hybridized carbons (Fsp3) is 0.370. The van der Waals surface area contributed by atoms with Gasteiger partial charge in [-0.2, -0.15) is 0 Å². The number of aryl methyl sites for hydroxylation is 1. The maximum atomic E-state index is 13.0. The van der Waals surface area contributed by atoms with Gasteiger partial charge in [-0.25, -0.2) is 9.78 Å². The Hall–Kier alpha value is -3.61. The Bertz CT molecular complexity index is 1150. The summed E-state index contributed by atoms with van der Waals surface area (Å²) in [4.78, 5) is 34.0. The van der Waals surface area contributed by atoms with Gasteiger partial charge in [0.15, 0.2) is 0 Å². The highest BCUT2D eigenvalue weighted by Crippen LogP contribution is 2.35. The van der Waals surface area contributed by atoms with Crippen molar-refractivity contribution in [3.05, 3.63) is 77.7 Å². The average Bonchev–Trinajstić information content (AvgIpc) is 3.38. The van der Waals surface area contributed by atoms with Crippen molar-refractivity contribution in [2.75, 3.05) is 13.1 Å².